The van der Waals surface area contributed by atoms with Crippen LogP contribution in [-0.4, -0.2) is 23.2 Å². The van der Waals surface area contributed by atoms with Gasteiger partial charge in [0.15, 0.2) is 0 Å². The largest absolute Gasteiger partial charge is 0.397 e. The second kappa shape index (κ2) is 5.02. The Balaban J connectivity index is 1.93. The molecule has 0 bridgehead atoms. The fraction of sp³-hybridized carbons (Fsp3) is 0.357. The van der Waals surface area contributed by atoms with Gasteiger partial charge >= 0.3 is 0 Å². The van der Waals surface area contributed by atoms with Gasteiger partial charge in [-0.15, -0.1) is 11.3 Å². The number of rotatable bonds is 3. The van der Waals surface area contributed by atoms with Gasteiger partial charge in [-0.2, -0.15) is 0 Å². The maximum absolute atomic E-state index is 12.4. The van der Waals surface area contributed by atoms with Crippen molar-refractivity contribution in [3.05, 3.63) is 27.5 Å². The number of carbonyl (C=O) groups is 1. The summed E-state index contributed by atoms with van der Waals surface area (Å²) in [6.07, 6.45) is 2.69. The summed E-state index contributed by atoms with van der Waals surface area (Å²) in [6.45, 7) is -0.0188. The van der Waals surface area contributed by atoms with Crippen LogP contribution in [0.3, 0.4) is 0 Å². The molecule has 1 saturated carbocycles. The van der Waals surface area contributed by atoms with E-state index < -0.39 is 5.54 Å². The Bertz CT molecular complexity index is 674. The van der Waals surface area contributed by atoms with Gasteiger partial charge in [0.25, 0.3) is 5.91 Å². The van der Waals surface area contributed by atoms with Gasteiger partial charge in [0.1, 0.15) is 4.88 Å². The van der Waals surface area contributed by atoms with Gasteiger partial charge in [0, 0.05) is 14.6 Å². The average molecular weight is 355 g/mol. The SMILES string of the molecule is Nc1c(C(=O)NC2(CO)CCC2)sc2ccc(Br)cc12. The summed E-state index contributed by atoms with van der Waals surface area (Å²) in [4.78, 5) is 12.9. The highest BCUT2D eigenvalue weighted by Gasteiger charge is 2.38. The predicted octanol–water partition coefficient (Wildman–Crippen LogP) is 2.89. The first-order valence-corrected chi connectivity index (χ1v) is 8.06. The number of thiophene rings is 1. The second-order valence-corrected chi connectivity index (χ2v) is 7.20. The van der Waals surface area contributed by atoms with Crippen molar-refractivity contribution in [3.8, 4) is 0 Å². The van der Waals surface area contributed by atoms with Crippen molar-refractivity contribution in [2.45, 2.75) is 24.8 Å². The Morgan fingerprint density at radius 1 is 1.50 bits per heavy atom. The maximum Gasteiger partial charge on any atom is 0.264 e. The van der Waals surface area contributed by atoms with E-state index >= 15 is 0 Å². The Hall–Kier alpha value is -1.11. The van der Waals surface area contributed by atoms with Crippen molar-refractivity contribution in [3.63, 3.8) is 0 Å². The molecule has 3 rings (SSSR count). The van der Waals surface area contributed by atoms with Crippen LogP contribution >= 0.6 is 27.3 Å². The Kier molecular flexibility index (Phi) is 3.48. The van der Waals surface area contributed by atoms with Crippen molar-refractivity contribution >= 4 is 48.9 Å². The predicted molar refractivity (Wildman–Crippen MR) is 85.1 cm³/mol. The minimum absolute atomic E-state index is 0.0188. The van der Waals surface area contributed by atoms with Crippen molar-refractivity contribution < 1.29 is 9.90 Å². The summed E-state index contributed by atoms with van der Waals surface area (Å²) in [6, 6.07) is 5.80. The van der Waals surface area contributed by atoms with Gasteiger partial charge in [-0.25, -0.2) is 0 Å². The standard InChI is InChI=1S/C14H15BrN2O2S/c15-8-2-3-10-9(6-8)11(16)12(20-10)13(19)17-14(7-18)4-1-5-14/h2-3,6,18H,1,4-5,7,16H2,(H,17,19). The number of benzene rings is 1. The highest BCUT2D eigenvalue weighted by atomic mass is 79.9. The molecule has 1 aliphatic rings. The Labute approximate surface area is 129 Å². The molecule has 0 aliphatic heterocycles. The maximum atomic E-state index is 12.4. The number of hydrogen-bond acceptors (Lipinski definition) is 4. The van der Waals surface area contributed by atoms with E-state index in [0.717, 1.165) is 33.8 Å². The summed E-state index contributed by atoms with van der Waals surface area (Å²) >= 11 is 4.80. The number of amides is 1. The lowest BCUT2D eigenvalue weighted by Gasteiger charge is -2.40. The number of fused-ring (bicyclic) bond motifs is 1. The van der Waals surface area contributed by atoms with Crippen LogP contribution in [0.2, 0.25) is 0 Å². The van der Waals surface area contributed by atoms with Crippen LogP contribution < -0.4 is 11.1 Å². The molecule has 0 radical (unpaired) electrons. The molecule has 6 heteroatoms. The van der Waals surface area contributed by atoms with E-state index in [-0.39, 0.29) is 12.5 Å². The number of aliphatic hydroxyl groups excluding tert-OH is 1. The first-order valence-electron chi connectivity index (χ1n) is 6.45. The number of anilines is 1. The molecule has 0 unspecified atom stereocenters. The van der Waals surface area contributed by atoms with Crippen LogP contribution in [0.25, 0.3) is 10.1 Å². The minimum Gasteiger partial charge on any atom is -0.397 e. The zero-order valence-electron chi connectivity index (χ0n) is 10.8. The third kappa shape index (κ3) is 2.21. The van der Waals surface area contributed by atoms with Crippen molar-refractivity contribution in [2.24, 2.45) is 0 Å². The van der Waals surface area contributed by atoms with E-state index in [1.54, 1.807) is 0 Å². The summed E-state index contributed by atoms with van der Waals surface area (Å²) < 4.78 is 1.93. The fourth-order valence-corrected chi connectivity index (χ4v) is 3.84. The van der Waals surface area contributed by atoms with Crippen molar-refractivity contribution in [2.75, 3.05) is 12.3 Å². The molecular formula is C14H15BrN2O2S. The van der Waals surface area contributed by atoms with Crippen LogP contribution in [0, 0.1) is 0 Å². The molecule has 106 valence electrons. The molecule has 2 aromatic rings. The lowest BCUT2D eigenvalue weighted by molar-refractivity contribution is 0.0646. The molecule has 1 heterocycles. The zero-order chi connectivity index (χ0) is 14.3. The smallest absolute Gasteiger partial charge is 0.264 e. The number of nitrogens with two attached hydrogens (primary N) is 1. The number of carbonyl (C=O) groups excluding carboxylic acids is 1. The van der Waals surface area contributed by atoms with Crippen LogP contribution in [0.15, 0.2) is 22.7 Å². The van der Waals surface area contributed by atoms with Gasteiger partial charge < -0.3 is 16.2 Å². The Morgan fingerprint density at radius 3 is 2.85 bits per heavy atom. The molecule has 4 nitrogen and oxygen atoms in total. The second-order valence-electron chi connectivity index (χ2n) is 5.23. The quantitative estimate of drug-likeness (QED) is 0.793. The monoisotopic (exact) mass is 354 g/mol. The van der Waals surface area contributed by atoms with Crippen LogP contribution in [0.1, 0.15) is 28.9 Å². The Morgan fingerprint density at radius 2 is 2.25 bits per heavy atom. The first kappa shape index (κ1) is 13.9. The van der Waals surface area contributed by atoms with Crippen molar-refractivity contribution in [1.82, 2.24) is 5.32 Å². The van der Waals surface area contributed by atoms with Crippen LogP contribution in [0.5, 0.6) is 0 Å². The number of aliphatic hydroxyl groups is 1. The van der Waals surface area contributed by atoms with Crippen molar-refractivity contribution in [1.29, 1.82) is 0 Å². The summed E-state index contributed by atoms with van der Waals surface area (Å²) in [5.74, 6) is -0.187. The summed E-state index contributed by atoms with van der Waals surface area (Å²) in [7, 11) is 0. The highest BCUT2D eigenvalue weighted by molar-refractivity contribution is 9.10. The van der Waals surface area contributed by atoms with Gasteiger partial charge in [-0.1, -0.05) is 15.9 Å². The van der Waals surface area contributed by atoms with E-state index in [4.69, 9.17) is 5.73 Å². The van der Waals surface area contributed by atoms with Crippen LogP contribution in [0.4, 0.5) is 5.69 Å². The van der Waals surface area contributed by atoms with E-state index in [0.29, 0.717) is 10.6 Å². The minimum atomic E-state index is -0.444. The van der Waals surface area contributed by atoms with E-state index in [1.165, 1.54) is 11.3 Å². The molecule has 0 atom stereocenters. The molecule has 1 aromatic carbocycles. The lowest BCUT2D eigenvalue weighted by atomic mass is 9.77. The van der Waals surface area contributed by atoms with Gasteiger partial charge in [0.05, 0.1) is 17.8 Å². The molecule has 1 aromatic heterocycles. The molecule has 1 fully saturated rings. The molecule has 1 aliphatic carbocycles. The zero-order valence-corrected chi connectivity index (χ0v) is 13.2. The van der Waals surface area contributed by atoms with E-state index in [1.807, 2.05) is 18.2 Å². The van der Waals surface area contributed by atoms with Gasteiger partial charge in [-0.05, 0) is 37.5 Å². The third-order valence-electron chi connectivity index (χ3n) is 3.89. The van der Waals surface area contributed by atoms with Gasteiger partial charge in [-0.3, -0.25) is 4.79 Å². The number of nitrogens with one attached hydrogen (secondary N) is 1. The molecule has 0 spiro atoms. The number of nitrogen functional groups attached to an aromatic ring is 1. The van der Waals surface area contributed by atoms with Gasteiger partial charge in [0.2, 0.25) is 0 Å². The number of hydrogen-bond donors (Lipinski definition) is 3. The molecule has 0 saturated heterocycles. The van der Waals surface area contributed by atoms with Crippen LogP contribution in [-0.2, 0) is 0 Å². The van der Waals surface area contributed by atoms with E-state index in [2.05, 4.69) is 21.2 Å². The molecular weight excluding hydrogens is 340 g/mol. The highest BCUT2D eigenvalue weighted by Crippen LogP contribution is 2.37. The molecule has 20 heavy (non-hydrogen) atoms. The van der Waals surface area contributed by atoms with E-state index in [9.17, 15) is 9.90 Å². The third-order valence-corrected chi connectivity index (χ3v) is 5.57. The normalized spacial score (nSPS) is 16.9. The summed E-state index contributed by atoms with van der Waals surface area (Å²) in [5.41, 5.74) is 6.16. The topological polar surface area (TPSA) is 75.4 Å². The first-order chi connectivity index (χ1) is 9.54. The molecule has 4 N–H and O–H groups in total. The fourth-order valence-electron chi connectivity index (χ4n) is 2.48. The lowest BCUT2D eigenvalue weighted by Crippen LogP contribution is -2.56. The number of halogens is 1. The summed E-state index contributed by atoms with van der Waals surface area (Å²) in [5, 5.41) is 13.3. The molecule has 1 amide bonds. The average Bonchev–Trinajstić information content (AvgIpc) is 2.71.